The first-order chi connectivity index (χ1) is 14.0. The van der Waals surface area contributed by atoms with Gasteiger partial charge in [0.25, 0.3) is 5.91 Å². The molecule has 29 heavy (non-hydrogen) atoms. The van der Waals surface area contributed by atoms with Gasteiger partial charge >= 0.3 is 0 Å². The number of hydrogen-bond acceptors (Lipinski definition) is 2. The number of carbonyl (C=O) groups excluding carboxylic acids is 1. The number of amides is 1. The highest BCUT2D eigenvalue weighted by molar-refractivity contribution is 6.04. The van der Waals surface area contributed by atoms with E-state index in [1.807, 2.05) is 77.1 Å². The predicted molar refractivity (Wildman–Crippen MR) is 127 cm³/mol. The first-order valence-corrected chi connectivity index (χ1v) is 10.3. The average molecular weight is 396 g/mol. The molecule has 0 aromatic heterocycles. The monoisotopic (exact) mass is 395 g/mol. The van der Waals surface area contributed by atoms with Gasteiger partial charge in [-0.25, -0.2) is 0 Å². The SMILES string of the molecule is C=CC=C(C)C.CC.CCCCOc1ccc(C(=O)Nc2ccc(C)cc2)cc1. The number of anilines is 1. The fourth-order valence-corrected chi connectivity index (χ4v) is 2.11. The molecule has 2 rings (SSSR count). The Hall–Kier alpha value is -2.81. The van der Waals surface area contributed by atoms with Gasteiger partial charge in [0.15, 0.2) is 0 Å². The third-order valence-electron chi connectivity index (χ3n) is 3.64. The van der Waals surface area contributed by atoms with Crippen LogP contribution in [0.25, 0.3) is 0 Å². The number of aryl methyl sites for hydroxylation is 1. The van der Waals surface area contributed by atoms with Crippen molar-refractivity contribution >= 4 is 11.6 Å². The Morgan fingerprint density at radius 1 is 1.03 bits per heavy atom. The van der Waals surface area contributed by atoms with Crippen LogP contribution in [0.4, 0.5) is 5.69 Å². The van der Waals surface area contributed by atoms with E-state index in [2.05, 4.69) is 18.8 Å². The van der Waals surface area contributed by atoms with Crippen molar-refractivity contribution in [3.63, 3.8) is 0 Å². The van der Waals surface area contributed by atoms with Gasteiger partial charge in [-0.1, -0.05) is 69.2 Å². The fourth-order valence-electron chi connectivity index (χ4n) is 2.11. The minimum absolute atomic E-state index is 0.112. The highest BCUT2D eigenvalue weighted by atomic mass is 16.5. The second-order valence-corrected chi connectivity index (χ2v) is 6.53. The summed E-state index contributed by atoms with van der Waals surface area (Å²) in [4.78, 5) is 12.1. The van der Waals surface area contributed by atoms with Crippen molar-refractivity contribution in [1.29, 1.82) is 0 Å². The normalized spacial score (nSPS) is 9.03. The van der Waals surface area contributed by atoms with Crippen molar-refractivity contribution in [1.82, 2.24) is 0 Å². The summed E-state index contributed by atoms with van der Waals surface area (Å²) in [6.45, 7) is 16.5. The maximum Gasteiger partial charge on any atom is 0.255 e. The molecular formula is C26H37NO2. The summed E-state index contributed by atoms with van der Waals surface area (Å²) in [5.74, 6) is 0.689. The van der Waals surface area contributed by atoms with Crippen LogP contribution in [0.1, 0.15) is 63.4 Å². The summed E-state index contributed by atoms with van der Waals surface area (Å²) in [5, 5.41) is 2.88. The van der Waals surface area contributed by atoms with E-state index in [0.29, 0.717) is 12.2 Å². The van der Waals surface area contributed by atoms with Crippen molar-refractivity contribution in [2.45, 2.75) is 54.4 Å². The fraction of sp³-hybridized carbons (Fsp3) is 0.346. The van der Waals surface area contributed by atoms with Gasteiger partial charge in [-0.3, -0.25) is 4.79 Å². The number of carbonyl (C=O) groups is 1. The summed E-state index contributed by atoms with van der Waals surface area (Å²) in [6.07, 6.45) is 5.90. The minimum atomic E-state index is -0.112. The van der Waals surface area contributed by atoms with E-state index in [4.69, 9.17) is 4.74 Å². The van der Waals surface area contributed by atoms with Crippen molar-refractivity contribution < 1.29 is 9.53 Å². The summed E-state index contributed by atoms with van der Waals surface area (Å²) in [5.41, 5.74) is 3.89. The molecule has 0 aliphatic rings. The van der Waals surface area contributed by atoms with Gasteiger partial charge in [0.05, 0.1) is 6.61 Å². The number of nitrogens with one attached hydrogen (secondary N) is 1. The number of hydrogen-bond donors (Lipinski definition) is 1. The molecule has 0 bridgehead atoms. The standard InChI is InChI=1S/C18H21NO2.C6H10.C2H6/c1-3-4-13-21-17-11-7-15(8-12-17)18(20)19-16-9-5-14(2)6-10-16;1-4-5-6(2)3;1-2/h5-12H,3-4,13H2,1-2H3,(H,19,20);4-5H,1H2,2-3H3;1-2H3. The number of ether oxygens (including phenoxy) is 1. The second kappa shape index (κ2) is 16.2. The molecule has 0 heterocycles. The van der Waals surface area contributed by atoms with E-state index in [-0.39, 0.29) is 5.91 Å². The Bertz CT molecular complexity index is 724. The molecule has 0 unspecified atom stereocenters. The molecule has 0 radical (unpaired) electrons. The molecule has 0 atom stereocenters. The molecule has 3 heteroatoms. The topological polar surface area (TPSA) is 38.3 Å². The van der Waals surface area contributed by atoms with Gasteiger partial charge in [0, 0.05) is 11.3 Å². The van der Waals surface area contributed by atoms with Crippen molar-refractivity contribution in [2.75, 3.05) is 11.9 Å². The third-order valence-corrected chi connectivity index (χ3v) is 3.64. The lowest BCUT2D eigenvalue weighted by Gasteiger charge is -2.08. The van der Waals surface area contributed by atoms with Gasteiger partial charge in [-0.05, 0) is 63.6 Å². The quantitative estimate of drug-likeness (QED) is 0.387. The molecular weight excluding hydrogens is 358 g/mol. The number of allylic oxidation sites excluding steroid dienone is 3. The van der Waals surface area contributed by atoms with E-state index >= 15 is 0 Å². The lowest BCUT2D eigenvalue weighted by atomic mass is 10.2. The molecule has 0 spiro atoms. The summed E-state index contributed by atoms with van der Waals surface area (Å²) in [6, 6.07) is 15.0. The molecule has 2 aromatic carbocycles. The summed E-state index contributed by atoms with van der Waals surface area (Å²) < 4.78 is 5.58. The van der Waals surface area contributed by atoms with Crippen LogP contribution in [0.15, 0.2) is 72.8 Å². The zero-order valence-electron chi connectivity index (χ0n) is 18.9. The van der Waals surface area contributed by atoms with Crippen molar-refractivity contribution in [3.8, 4) is 5.75 Å². The maximum atomic E-state index is 12.1. The Morgan fingerprint density at radius 3 is 2.07 bits per heavy atom. The van der Waals surface area contributed by atoms with Crippen molar-refractivity contribution in [2.24, 2.45) is 0 Å². The summed E-state index contributed by atoms with van der Waals surface area (Å²) in [7, 11) is 0. The lowest BCUT2D eigenvalue weighted by Crippen LogP contribution is -2.11. The minimum Gasteiger partial charge on any atom is -0.494 e. The average Bonchev–Trinajstić information content (AvgIpc) is 2.72. The molecule has 0 saturated heterocycles. The number of unbranched alkanes of at least 4 members (excludes halogenated alkanes) is 1. The zero-order chi connectivity index (χ0) is 22.1. The molecule has 2 aromatic rings. The first-order valence-electron chi connectivity index (χ1n) is 10.3. The van der Waals surface area contributed by atoms with Crippen LogP contribution in [-0.2, 0) is 0 Å². The largest absolute Gasteiger partial charge is 0.494 e. The molecule has 1 N–H and O–H groups in total. The smallest absolute Gasteiger partial charge is 0.255 e. The van der Waals surface area contributed by atoms with Crippen LogP contribution in [-0.4, -0.2) is 12.5 Å². The van der Waals surface area contributed by atoms with Crippen molar-refractivity contribution in [3.05, 3.63) is 84.0 Å². The van der Waals surface area contributed by atoms with E-state index in [1.165, 1.54) is 11.1 Å². The van der Waals surface area contributed by atoms with Gasteiger partial charge in [-0.2, -0.15) is 0 Å². The first kappa shape index (κ1) is 26.2. The van der Waals surface area contributed by atoms with Gasteiger partial charge < -0.3 is 10.1 Å². The van der Waals surface area contributed by atoms with Gasteiger partial charge in [-0.15, -0.1) is 0 Å². The highest BCUT2D eigenvalue weighted by Gasteiger charge is 2.06. The Balaban J connectivity index is 0.000000841. The van der Waals surface area contributed by atoms with E-state index in [9.17, 15) is 4.79 Å². The molecule has 158 valence electrons. The lowest BCUT2D eigenvalue weighted by molar-refractivity contribution is 0.102. The van der Waals surface area contributed by atoms with Crippen LogP contribution in [0.2, 0.25) is 0 Å². The molecule has 0 fully saturated rings. The van der Waals surface area contributed by atoms with E-state index in [1.54, 1.807) is 18.2 Å². The molecule has 0 saturated carbocycles. The number of benzene rings is 2. The second-order valence-electron chi connectivity index (χ2n) is 6.53. The van der Waals surface area contributed by atoms with Gasteiger partial charge in [0.2, 0.25) is 0 Å². The maximum absolute atomic E-state index is 12.1. The Kier molecular flexibility index (Phi) is 14.6. The number of rotatable bonds is 7. The predicted octanol–water partition coefficient (Wildman–Crippen LogP) is 7.59. The van der Waals surface area contributed by atoms with Gasteiger partial charge in [0.1, 0.15) is 5.75 Å². The zero-order valence-corrected chi connectivity index (χ0v) is 18.9. The van der Waals surface area contributed by atoms with Crippen LogP contribution in [0.5, 0.6) is 5.75 Å². The van der Waals surface area contributed by atoms with Crippen LogP contribution in [0.3, 0.4) is 0 Å². The summed E-state index contributed by atoms with van der Waals surface area (Å²) >= 11 is 0. The Labute approximate surface area is 177 Å². The van der Waals surface area contributed by atoms with E-state index in [0.717, 1.165) is 24.3 Å². The van der Waals surface area contributed by atoms with E-state index < -0.39 is 0 Å². The molecule has 0 aliphatic heterocycles. The molecule has 1 amide bonds. The molecule has 0 aliphatic carbocycles. The molecule has 3 nitrogen and oxygen atoms in total. The Morgan fingerprint density at radius 2 is 1.62 bits per heavy atom. The van der Waals surface area contributed by atoms with Crippen LogP contribution >= 0.6 is 0 Å². The third kappa shape index (κ3) is 12.3. The highest BCUT2D eigenvalue weighted by Crippen LogP contribution is 2.15. The van der Waals surface area contributed by atoms with Crippen LogP contribution < -0.4 is 10.1 Å². The van der Waals surface area contributed by atoms with Crippen LogP contribution in [0, 0.1) is 6.92 Å².